The lowest BCUT2D eigenvalue weighted by molar-refractivity contribution is 0.137. The van der Waals surface area contributed by atoms with Crippen LogP contribution >= 0.6 is 0 Å². The molecular formula is C4H6F2O3. The zero-order valence-electron chi connectivity index (χ0n) is 4.47. The van der Waals surface area contributed by atoms with Crippen LogP contribution in [0.2, 0.25) is 0 Å². The molecule has 0 bridgehead atoms. The molecule has 3 nitrogen and oxygen atoms in total. The van der Waals surface area contributed by atoms with Crippen molar-refractivity contribution in [3.63, 3.8) is 0 Å². The Hall–Kier alpha value is -1.13. The first-order valence-corrected chi connectivity index (χ1v) is 1.81. The van der Waals surface area contributed by atoms with E-state index in [2.05, 4.69) is 6.58 Å². The topological polar surface area (TPSA) is 57.5 Å². The second kappa shape index (κ2) is 6.87. The minimum atomic E-state index is -1.83. The molecular weight excluding hydrogens is 134 g/mol. The van der Waals surface area contributed by atoms with Crippen molar-refractivity contribution in [2.75, 3.05) is 6.67 Å². The van der Waals surface area contributed by atoms with E-state index in [4.69, 9.17) is 15.0 Å². The van der Waals surface area contributed by atoms with Crippen molar-refractivity contribution < 1.29 is 23.8 Å². The first-order valence-electron chi connectivity index (χ1n) is 1.81. The van der Waals surface area contributed by atoms with Gasteiger partial charge in [-0.3, -0.25) is 0 Å². The first-order chi connectivity index (χ1) is 4.00. The van der Waals surface area contributed by atoms with E-state index in [9.17, 15) is 8.78 Å². The van der Waals surface area contributed by atoms with Gasteiger partial charge in [0, 0.05) is 0 Å². The fourth-order valence-electron chi connectivity index (χ4n) is 0. The summed E-state index contributed by atoms with van der Waals surface area (Å²) in [4.78, 5) is 8.56. The van der Waals surface area contributed by atoms with Crippen LogP contribution in [-0.4, -0.2) is 23.0 Å². The monoisotopic (exact) mass is 140 g/mol. The standard InChI is InChI=1S/C3H4F2.CH2O3/c1-3(5)2-4;2-1(3)4/h1-2H2;(H2,2,3,4). The van der Waals surface area contributed by atoms with Crippen LogP contribution < -0.4 is 0 Å². The Kier molecular flexibility index (Phi) is 8.23. The molecule has 2 N–H and O–H groups in total. The Labute approximate surface area is 50.2 Å². The molecule has 0 radical (unpaired) electrons. The highest BCUT2D eigenvalue weighted by atomic mass is 19.2. The Bertz CT molecular complexity index is 98.0. The average Bonchev–Trinajstić information content (AvgIpc) is 1.65. The third-order valence-electron chi connectivity index (χ3n) is 0.145. The third kappa shape index (κ3) is 215. The highest BCUT2D eigenvalue weighted by Gasteiger charge is 1.78. The van der Waals surface area contributed by atoms with E-state index < -0.39 is 18.7 Å². The third-order valence-corrected chi connectivity index (χ3v) is 0.145. The van der Waals surface area contributed by atoms with E-state index in [1.165, 1.54) is 0 Å². The Morgan fingerprint density at radius 2 is 1.67 bits per heavy atom. The van der Waals surface area contributed by atoms with Crippen LogP contribution in [0.5, 0.6) is 0 Å². The van der Waals surface area contributed by atoms with Gasteiger partial charge in [-0.15, -0.1) is 0 Å². The van der Waals surface area contributed by atoms with E-state index in [0.717, 1.165) is 0 Å². The summed E-state index contributed by atoms with van der Waals surface area (Å²) in [6, 6.07) is 0. The van der Waals surface area contributed by atoms with Gasteiger partial charge < -0.3 is 10.2 Å². The van der Waals surface area contributed by atoms with Crippen molar-refractivity contribution in [2.24, 2.45) is 0 Å². The molecule has 0 aliphatic carbocycles. The summed E-state index contributed by atoms with van der Waals surface area (Å²) in [5.41, 5.74) is 0. The first kappa shape index (κ1) is 10.8. The van der Waals surface area contributed by atoms with E-state index in [0.29, 0.717) is 0 Å². The lowest BCUT2D eigenvalue weighted by Crippen LogP contribution is -1.81. The van der Waals surface area contributed by atoms with Gasteiger partial charge in [0.1, 0.15) is 12.5 Å². The number of carboxylic acid groups (broad SMARTS) is 2. The number of alkyl halides is 1. The fourth-order valence-corrected chi connectivity index (χ4v) is 0. The molecule has 5 heteroatoms. The number of hydrogen-bond donors (Lipinski definition) is 2. The maximum absolute atomic E-state index is 10.9. The molecule has 0 aromatic rings. The van der Waals surface area contributed by atoms with Gasteiger partial charge in [0.25, 0.3) is 0 Å². The molecule has 0 saturated heterocycles. The molecule has 0 aliphatic rings. The Morgan fingerprint density at radius 3 is 1.67 bits per heavy atom. The molecule has 0 heterocycles. The fraction of sp³-hybridized carbons (Fsp3) is 0.250. The van der Waals surface area contributed by atoms with E-state index in [1.54, 1.807) is 0 Å². The minimum Gasteiger partial charge on any atom is -0.450 e. The van der Waals surface area contributed by atoms with E-state index in [1.807, 2.05) is 0 Å². The largest absolute Gasteiger partial charge is 0.503 e. The van der Waals surface area contributed by atoms with Gasteiger partial charge >= 0.3 is 6.16 Å². The zero-order chi connectivity index (χ0) is 7.86. The highest BCUT2D eigenvalue weighted by molar-refractivity contribution is 5.53. The summed E-state index contributed by atoms with van der Waals surface area (Å²) in [6.45, 7) is 1.58. The molecule has 0 atom stereocenters. The van der Waals surface area contributed by atoms with Crippen LogP contribution in [0.4, 0.5) is 13.6 Å². The lowest BCUT2D eigenvalue weighted by atomic mass is 10.7. The summed E-state index contributed by atoms with van der Waals surface area (Å²) < 4.78 is 21.5. The van der Waals surface area contributed by atoms with Gasteiger partial charge in [0.05, 0.1) is 0 Å². The minimum absolute atomic E-state index is 0.912. The highest BCUT2D eigenvalue weighted by Crippen LogP contribution is 1.87. The molecule has 0 aliphatic heterocycles. The molecule has 0 saturated carbocycles. The van der Waals surface area contributed by atoms with Gasteiger partial charge in [-0.25, -0.2) is 13.6 Å². The number of allylic oxidation sites excluding steroid dienone is 1. The van der Waals surface area contributed by atoms with E-state index >= 15 is 0 Å². The average molecular weight is 140 g/mol. The predicted octanol–water partition coefficient (Wildman–Crippen LogP) is 1.66. The zero-order valence-corrected chi connectivity index (χ0v) is 4.47. The molecule has 0 aromatic carbocycles. The van der Waals surface area contributed by atoms with Gasteiger partial charge in [0.15, 0.2) is 0 Å². The Morgan fingerprint density at radius 1 is 1.56 bits per heavy atom. The summed E-state index contributed by atoms with van der Waals surface area (Å²) in [7, 11) is 0. The van der Waals surface area contributed by atoms with E-state index in [-0.39, 0.29) is 0 Å². The smallest absolute Gasteiger partial charge is 0.450 e. The quantitative estimate of drug-likeness (QED) is 0.582. The van der Waals surface area contributed by atoms with Crippen LogP contribution in [0.15, 0.2) is 12.4 Å². The summed E-state index contributed by atoms with van der Waals surface area (Å²) >= 11 is 0. The molecule has 0 aromatic heterocycles. The van der Waals surface area contributed by atoms with Crippen molar-refractivity contribution in [1.29, 1.82) is 0 Å². The number of rotatable bonds is 1. The van der Waals surface area contributed by atoms with Crippen molar-refractivity contribution in [3.8, 4) is 0 Å². The molecule has 0 fully saturated rings. The lowest BCUT2D eigenvalue weighted by Gasteiger charge is -1.71. The van der Waals surface area contributed by atoms with Crippen molar-refractivity contribution in [2.45, 2.75) is 0 Å². The molecule has 0 unspecified atom stereocenters. The van der Waals surface area contributed by atoms with Crippen molar-refractivity contribution >= 4 is 6.16 Å². The number of halogens is 2. The van der Waals surface area contributed by atoms with Crippen LogP contribution in [-0.2, 0) is 0 Å². The summed E-state index contributed by atoms with van der Waals surface area (Å²) in [5, 5.41) is 13.9. The molecule has 54 valence electrons. The second-order valence-electron chi connectivity index (χ2n) is 0.933. The van der Waals surface area contributed by atoms with Gasteiger partial charge in [-0.05, 0) is 0 Å². The SMILES string of the molecule is C=C(F)CF.O=C(O)O. The Balaban J connectivity index is 0. The maximum Gasteiger partial charge on any atom is 0.503 e. The van der Waals surface area contributed by atoms with Crippen LogP contribution in [0.25, 0.3) is 0 Å². The predicted molar refractivity (Wildman–Crippen MR) is 26.9 cm³/mol. The molecule has 0 rings (SSSR count). The summed E-state index contributed by atoms with van der Waals surface area (Å²) in [5.74, 6) is -0.912. The normalized spacial score (nSPS) is 6.89. The number of hydrogen-bond acceptors (Lipinski definition) is 1. The number of carbonyl (C=O) groups is 1. The molecule has 0 amide bonds. The van der Waals surface area contributed by atoms with Gasteiger partial charge in [-0.2, -0.15) is 0 Å². The van der Waals surface area contributed by atoms with Crippen LogP contribution in [0.1, 0.15) is 0 Å². The van der Waals surface area contributed by atoms with Crippen LogP contribution in [0, 0.1) is 0 Å². The van der Waals surface area contributed by atoms with Crippen LogP contribution in [0.3, 0.4) is 0 Å². The van der Waals surface area contributed by atoms with Gasteiger partial charge in [0.2, 0.25) is 0 Å². The van der Waals surface area contributed by atoms with Crippen molar-refractivity contribution in [3.05, 3.63) is 12.4 Å². The summed E-state index contributed by atoms with van der Waals surface area (Å²) in [6.07, 6.45) is -1.83. The second-order valence-corrected chi connectivity index (χ2v) is 0.933. The molecule has 9 heavy (non-hydrogen) atoms. The van der Waals surface area contributed by atoms with Gasteiger partial charge in [-0.1, -0.05) is 6.58 Å². The van der Waals surface area contributed by atoms with Crippen molar-refractivity contribution in [1.82, 2.24) is 0 Å². The maximum atomic E-state index is 10.9. The molecule has 0 spiro atoms.